The maximum atomic E-state index is 13.0. The molecule has 0 bridgehead atoms. The van der Waals surface area contributed by atoms with E-state index >= 15 is 0 Å². The molecule has 1 nitrogen and oxygen atoms in total. The van der Waals surface area contributed by atoms with Crippen molar-refractivity contribution in [3.05, 3.63) is 63.9 Å². The molecule has 0 radical (unpaired) electrons. The van der Waals surface area contributed by atoms with E-state index < -0.39 is 0 Å². The third-order valence-corrected chi connectivity index (χ3v) is 2.91. The highest BCUT2D eigenvalue weighted by molar-refractivity contribution is 9.10. The van der Waals surface area contributed by atoms with Crippen molar-refractivity contribution in [3.63, 3.8) is 0 Å². The van der Waals surface area contributed by atoms with Gasteiger partial charge in [0.2, 0.25) is 0 Å². The molecule has 2 rings (SSSR count). The molecule has 0 heterocycles. The molecule has 86 valence electrons. The predicted octanol–water partition coefficient (Wildman–Crippen LogP) is 4.46. The van der Waals surface area contributed by atoms with Gasteiger partial charge < -0.3 is 5.11 Å². The van der Waals surface area contributed by atoms with Gasteiger partial charge in [-0.25, -0.2) is 4.39 Å². The Kier molecular flexibility index (Phi) is 3.59. The summed E-state index contributed by atoms with van der Waals surface area (Å²) < 4.78 is 13.5. The lowest BCUT2D eigenvalue weighted by atomic mass is 10.1. The van der Waals surface area contributed by atoms with Gasteiger partial charge in [-0.3, -0.25) is 0 Å². The van der Waals surface area contributed by atoms with Crippen LogP contribution in [-0.2, 0) is 0 Å². The molecule has 0 aliphatic heterocycles. The van der Waals surface area contributed by atoms with Gasteiger partial charge in [-0.05, 0) is 51.3 Å². The second kappa shape index (κ2) is 5.15. The maximum Gasteiger partial charge on any atom is 0.137 e. The van der Waals surface area contributed by atoms with Gasteiger partial charge in [0.25, 0.3) is 0 Å². The van der Waals surface area contributed by atoms with Gasteiger partial charge in [0.05, 0.1) is 4.47 Å². The van der Waals surface area contributed by atoms with Crippen LogP contribution >= 0.6 is 15.9 Å². The van der Waals surface area contributed by atoms with Gasteiger partial charge >= 0.3 is 0 Å². The number of hydrogen-bond acceptors (Lipinski definition) is 1. The van der Waals surface area contributed by atoms with Crippen molar-refractivity contribution in [1.29, 1.82) is 0 Å². The van der Waals surface area contributed by atoms with E-state index in [1.54, 1.807) is 24.3 Å². The second-order valence-corrected chi connectivity index (χ2v) is 4.45. The van der Waals surface area contributed by atoms with E-state index in [-0.39, 0.29) is 11.6 Å². The van der Waals surface area contributed by atoms with Crippen molar-refractivity contribution >= 4 is 28.1 Å². The van der Waals surface area contributed by atoms with Crippen LogP contribution in [0.25, 0.3) is 12.2 Å². The highest BCUT2D eigenvalue weighted by Gasteiger charge is 1.97. The van der Waals surface area contributed by atoms with Gasteiger partial charge in [0.1, 0.15) is 11.6 Å². The first-order chi connectivity index (χ1) is 8.15. The van der Waals surface area contributed by atoms with Crippen LogP contribution in [0.15, 0.2) is 46.9 Å². The van der Waals surface area contributed by atoms with E-state index in [9.17, 15) is 4.39 Å². The molecule has 0 saturated carbocycles. The number of hydrogen-bond donors (Lipinski definition) is 1. The van der Waals surface area contributed by atoms with Crippen LogP contribution in [-0.4, -0.2) is 5.11 Å². The molecule has 2 aromatic rings. The summed E-state index contributed by atoms with van der Waals surface area (Å²) in [5, 5.41) is 9.14. The van der Waals surface area contributed by atoms with Gasteiger partial charge in [-0.15, -0.1) is 0 Å². The molecule has 0 saturated heterocycles. The Hall–Kier alpha value is -1.61. The van der Waals surface area contributed by atoms with Crippen molar-refractivity contribution < 1.29 is 9.50 Å². The summed E-state index contributed by atoms with van der Waals surface area (Å²) in [6.07, 6.45) is 3.79. The first kappa shape index (κ1) is 11.9. The van der Waals surface area contributed by atoms with E-state index in [0.29, 0.717) is 4.47 Å². The zero-order valence-electron chi connectivity index (χ0n) is 8.90. The summed E-state index contributed by atoms with van der Waals surface area (Å²) in [5.74, 6) is -0.0292. The van der Waals surface area contributed by atoms with Crippen molar-refractivity contribution in [2.75, 3.05) is 0 Å². The van der Waals surface area contributed by atoms with Crippen molar-refractivity contribution in [2.24, 2.45) is 0 Å². The van der Waals surface area contributed by atoms with Crippen LogP contribution < -0.4 is 0 Å². The molecule has 0 atom stereocenters. The normalized spacial score (nSPS) is 10.9. The molecule has 17 heavy (non-hydrogen) atoms. The Balaban J connectivity index is 2.20. The van der Waals surface area contributed by atoms with E-state index in [0.717, 1.165) is 11.1 Å². The van der Waals surface area contributed by atoms with Crippen LogP contribution in [0, 0.1) is 5.82 Å². The largest absolute Gasteiger partial charge is 0.508 e. The SMILES string of the molecule is Oc1ccc(C=Cc2ccc(F)c(Br)c2)cc1. The molecular formula is C14H10BrFO. The quantitative estimate of drug-likeness (QED) is 0.810. The van der Waals surface area contributed by atoms with Crippen LogP contribution in [0.1, 0.15) is 11.1 Å². The highest BCUT2D eigenvalue weighted by atomic mass is 79.9. The van der Waals surface area contributed by atoms with Gasteiger partial charge in [-0.1, -0.05) is 30.4 Å². The predicted molar refractivity (Wildman–Crippen MR) is 71.1 cm³/mol. The molecule has 0 amide bonds. The average Bonchev–Trinajstić information content (AvgIpc) is 2.33. The topological polar surface area (TPSA) is 20.2 Å². The third kappa shape index (κ3) is 3.17. The summed E-state index contributed by atoms with van der Waals surface area (Å²) >= 11 is 3.14. The van der Waals surface area contributed by atoms with Crippen molar-refractivity contribution in [3.8, 4) is 5.75 Å². The van der Waals surface area contributed by atoms with Crippen LogP contribution in [0.3, 0.4) is 0 Å². The molecule has 0 aliphatic carbocycles. The summed E-state index contributed by atoms with van der Waals surface area (Å²) in [7, 11) is 0. The standard InChI is InChI=1S/C14H10BrFO/c15-13-9-11(5-8-14(13)16)2-1-10-3-6-12(17)7-4-10/h1-9,17H. The number of phenolic OH excluding ortho intramolecular Hbond substituents is 1. The lowest BCUT2D eigenvalue weighted by molar-refractivity contribution is 0.475. The van der Waals surface area contributed by atoms with Crippen LogP contribution in [0.2, 0.25) is 0 Å². The number of benzene rings is 2. The number of halogens is 2. The van der Waals surface area contributed by atoms with Gasteiger partial charge in [0.15, 0.2) is 0 Å². The van der Waals surface area contributed by atoms with E-state index in [1.165, 1.54) is 6.07 Å². The number of phenols is 1. The number of rotatable bonds is 2. The monoisotopic (exact) mass is 292 g/mol. The van der Waals surface area contributed by atoms with Crippen LogP contribution in [0.4, 0.5) is 4.39 Å². The minimum atomic E-state index is -0.271. The Morgan fingerprint density at radius 2 is 1.53 bits per heavy atom. The second-order valence-electron chi connectivity index (χ2n) is 3.60. The van der Waals surface area contributed by atoms with Gasteiger partial charge in [0, 0.05) is 0 Å². The smallest absolute Gasteiger partial charge is 0.137 e. The summed E-state index contributed by atoms with van der Waals surface area (Å²) in [6.45, 7) is 0. The van der Waals surface area contributed by atoms with Crippen LogP contribution in [0.5, 0.6) is 5.75 Å². The van der Waals surface area contributed by atoms with E-state index in [1.807, 2.05) is 24.3 Å². The Morgan fingerprint density at radius 1 is 0.941 bits per heavy atom. The Morgan fingerprint density at radius 3 is 2.18 bits per heavy atom. The van der Waals surface area contributed by atoms with Gasteiger partial charge in [-0.2, -0.15) is 0 Å². The lowest BCUT2D eigenvalue weighted by Crippen LogP contribution is -1.78. The zero-order chi connectivity index (χ0) is 12.3. The first-order valence-corrected chi connectivity index (χ1v) is 5.86. The van der Waals surface area contributed by atoms with E-state index in [2.05, 4.69) is 15.9 Å². The minimum Gasteiger partial charge on any atom is -0.508 e. The fourth-order valence-electron chi connectivity index (χ4n) is 1.39. The molecule has 3 heteroatoms. The molecular weight excluding hydrogens is 283 g/mol. The lowest BCUT2D eigenvalue weighted by Gasteiger charge is -1.97. The molecule has 0 unspecified atom stereocenters. The maximum absolute atomic E-state index is 13.0. The molecule has 0 spiro atoms. The zero-order valence-corrected chi connectivity index (χ0v) is 10.5. The molecule has 0 aromatic heterocycles. The van der Waals surface area contributed by atoms with Crippen molar-refractivity contribution in [1.82, 2.24) is 0 Å². The summed E-state index contributed by atoms with van der Waals surface area (Å²) in [6, 6.07) is 11.7. The Bertz CT molecular complexity index is 547. The molecule has 0 aliphatic rings. The number of aromatic hydroxyl groups is 1. The van der Waals surface area contributed by atoms with E-state index in [4.69, 9.17) is 5.11 Å². The first-order valence-electron chi connectivity index (χ1n) is 5.07. The summed E-state index contributed by atoms with van der Waals surface area (Å²) in [4.78, 5) is 0. The minimum absolute atomic E-state index is 0.242. The summed E-state index contributed by atoms with van der Waals surface area (Å²) in [5.41, 5.74) is 1.88. The van der Waals surface area contributed by atoms with Crippen molar-refractivity contribution in [2.45, 2.75) is 0 Å². The molecule has 2 aromatic carbocycles. The third-order valence-electron chi connectivity index (χ3n) is 2.30. The molecule has 1 N–H and O–H groups in total. The Labute approximate surface area is 107 Å². The molecule has 0 fully saturated rings. The fraction of sp³-hybridized carbons (Fsp3) is 0. The fourth-order valence-corrected chi connectivity index (χ4v) is 1.79. The highest BCUT2D eigenvalue weighted by Crippen LogP contribution is 2.19. The average molecular weight is 293 g/mol.